The minimum absolute atomic E-state index is 0.295. The molecule has 0 amide bonds. The van der Waals surface area contributed by atoms with Crippen LogP contribution in [0, 0.1) is 28.5 Å². The van der Waals surface area contributed by atoms with Crippen LogP contribution in [0.1, 0.15) is 22.6 Å². The van der Waals surface area contributed by atoms with E-state index in [1.165, 1.54) is 6.07 Å². The van der Waals surface area contributed by atoms with E-state index in [1.807, 2.05) is 6.07 Å². The van der Waals surface area contributed by atoms with E-state index >= 15 is 0 Å². The number of nitriles is 2. The number of rotatable bonds is 3. The van der Waals surface area contributed by atoms with Crippen molar-refractivity contribution in [1.82, 2.24) is 0 Å². The highest BCUT2D eigenvalue weighted by Crippen LogP contribution is 2.22. The van der Waals surface area contributed by atoms with Gasteiger partial charge in [0, 0.05) is 0 Å². The zero-order valence-electron chi connectivity index (χ0n) is 10.2. The van der Waals surface area contributed by atoms with Crippen LogP contribution in [-0.2, 0) is 6.42 Å². The number of halogens is 1. The van der Waals surface area contributed by atoms with Crippen molar-refractivity contribution in [1.29, 1.82) is 10.5 Å². The van der Waals surface area contributed by atoms with E-state index in [4.69, 9.17) is 5.26 Å². The summed E-state index contributed by atoms with van der Waals surface area (Å²) in [5, 5.41) is 18.0. The van der Waals surface area contributed by atoms with Crippen LogP contribution in [0.15, 0.2) is 48.5 Å². The number of hydrogen-bond acceptors (Lipinski definition) is 2. The summed E-state index contributed by atoms with van der Waals surface area (Å²) in [7, 11) is 0. The first-order valence-corrected chi connectivity index (χ1v) is 5.87. The van der Waals surface area contributed by atoms with Gasteiger partial charge in [-0.25, -0.2) is 4.39 Å². The van der Waals surface area contributed by atoms with Crippen molar-refractivity contribution in [2.24, 2.45) is 0 Å². The summed E-state index contributed by atoms with van der Waals surface area (Å²) in [6.45, 7) is 0. The fourth-order valence-electron chi connectivity index (χ4n) is 1.91. The molecule has 0 aliphatic rings. The van der Waals surface area contributed by atoms with E-state index in [0.29, 0.717) is 17.5 Å². The van der Waals surface area contributed by atoms with E-state index in [0.717, 1.165) is 5.56 Å². The predicted molar refractivity (Wildman–Crippen MR) is 69.6 cm³/mol. The summed E-state index contributed by atoms with van der Waals surface area (Å²) in [6, 6.07) is 17.5. The van der Waals surface area contributed by atoms with Crippen molar-refractivity contribution >= 4 is 0 Å². The fraction of sp³-hybridized carbons (Fsp3) is 0.125. The Balaban J connectivity index is 2.24. The second-order valence-corrected chi connectivity index (χ2v) is 4.21. The molecule has 0 fully saturated rings. The topological polar surface area (TPSA) is 47.6 Å². The van der Waals surface area contributed by atoms with Gasteiger partial charge >= 0.3 is 0 Å². The van der Waals surface area contributed by atoms with Crippen LogP contribution in [-0.4, -0.2) is 0 Å². The lowest BCUT2D eigenvalue weighted by Crippen LogP contribution is -2.02. The maximum absolute atomic E-state index is 13.6. The van der Waals surface area contributed by atoms with Crippen molar-refractivity contribution in [2.75, 3.05) is 0 Å². The standard InChI is InChI=1S/C16H11FN2/c17-16-4-2-1-3-14(16)9-15(11-19)13-7-5-12(10-18)6-8-13/h1-8,15H,9H2. The Hall–Kier alpha value is -2.65. The van der Waals surface area contributed by atoms with Crippen LogP contribution in [0.4, 0.5) is 4.39 Å². The lowest BCUT2D eigenvalue weighted by molar-refractivity contribution is 0.604. The first-order chi connectivity index (χ1) is 9.24. The van der Waals surface area contributed by atoms with E-state index in [2.05, 4.69) is 6.07 Å². The summed E-state index contributed by atoms with van der Waals surface area (Å²) in [4.78, 5) is 0. The summed E-state index contributed by atoms with van der Waals surface area (Å²) in [5.41, 5.74) is 1.87. The molecular weight excluding hydrogens is 239 g/mol. The van der Waals surface area contributed by atoms with E-state index < -0.39 is 5.92 Å². The predicted octanol–water partition coefficient (Wildman–Crippen LogP) is 3.55. The van der Waals surface area contributed by atoms with Crippen molar-refractivity contribution in [3.63, 3.8) is 0 Å². The largest absolute Gasteiger partial charge is 0.207 e. The molecule has 0 aromatic heterocycles. The first kappa shape index (κ1) is 12.8. The molecular formula is C16H11FN2. The van der Waals surface area contributed by atoms with Crippen molar-refractivity contribution < 1.29 is 4.39 Å². The second-order valence-electron chi connectivity index (χ2n) is 4.21. The molecule has 0 saturated carbocycles. The minimum atomic E-state index is -0.412. The first-order valence-electron chi connectivity index (χ1n) is 5.87. The van der Waals surface area contributed by atoms with Crippen LogP contribution in [0.3, 0.4) is 0 Å². The lowest BCUT2D eigenvalue weighted by Gasteiger charge is -2.10. The van der Waals surface area contributed by atoms with E-state index in [9.17, 15) is 9.65 Å². The highest BCUT2D eigenvalue weighted by Gasteiger charge is 2.13. The normalized spacial score (nSPS) is 11.3. The average molecular weight is 250 g/mol. The Morgan fingerprint density at radius 1 is 1.00 bits per heavy atom. The van der Waals surface area contributed by atoms with Crippen LogP contribution >= 0.6 is 0 Å². The van der Waals surface area contributed by atoms with E-state index in [-0.39, 0.29) is 5.82 Å². The van der Waals surface area contributed by atoms with Crippen molar-refractivity contribution in [2.45, 2.75) is 12.3 Å². The maximum atomic E-state index is 13.6. The minimum Gasteiger partial charge on any atom is -0.207 e. The third-order valence-corrected chi connectivity index (χ3v) is 2.98. The summed E-state index contributed by atoms with van der Waals surface area (Å²) < 4.78 is 13.6. The molecule has 2 rings (SSSR count). The molecule has 0 aliphatic carbocycles. The van der Waals surface area contributed by atoms with Crippen LogP contribution in [0.5, 0.6) is 0 Å². The Bertz CT molecular complexity index is 648. The molecule has 1 unspecified atom stereocenters. The molecule has 19 heavy (non-hydrogen) atoms. The molecule has 0 N–H and O–H groups in total. The summed E-state index contributed by atoms with van der Waals surface area (Å²) in [6.07, 6.45) is 0.328. The van der Waals surface area contributed by atoms with Gasteiger partial charge in [-0.2, -0.15) is 10.5 Å². The molecule has 2 aromatic rings. The van der Waals surface area contributed by atoms with Crippen LogP contribution < -0.4 is 0 Å². The molecule has 0 aliphatic heterocycles. The van der Waals surface area contributed by atoms with Gasteiger partial charge in [0.2, 0.25) is 0 Å². The van der Waals surface area contributed by atoms with Crippen molar-refractivity contribution in [3.8, 4) is 12.1 Å². The Morgan fingerprint density at radius 3 is 2.26 bits per heavy atom. The van der Waals surface area contributed by atoms with Gasteiger partial charge in [-0.15, -0.1) is 0 Å². The third kappa shape index (κ3) is 2.97. The molecule has 0 bridgehead atoms. The van der Waals surface area contributed by atoms with Crippen LogP contribution in [0.25, 0.3) is 0 Å². The Morgan fingerprint density at radius 2 is 1.68 bits per heavy atom. The lowest BCUT2D eigenvalue weighted by atomic mass is 9.92. The second kappa shape index (κ2) is 5.80. The SMILES string of the molecule is N#Cc1ccc(C(C#N)Cc2ccccc2F)cc1. The number of benzene rings is 2. The molecule has 0 heterocycles. The van der Waals surface area contributed by atoms with Gasteiger partial charge in [0.25, 0.3) is 0 Å². The van der Waals surface area contributed by atoms with Gasteiger partial charge < -0.3 is 0 Å². The van der Waals surface area contributed by atoms with Gasteiger partial charge in [0.05, 0.1) is 23.6 Å². The molecule has 3 heteroatoms. The van der Waals surface area contributed by atoms with Crippen molar-refractivity contribution in [3.05, 3.63) is 71.0 Å². The molecule has 1 atom stereocenters. The number of hydrogen-bond donors (Lipinski definition) is 0. The Labute approximate surface area is 111 Å². The van der Waals surface area contributed by atoms with Gasteiger partial charge in [-0.3, -0.25) is 0 Å². The molecule has 2 nitrogen and oxygen atoms in total. The smallest absolute Gasteiger partial charge is 0.126 e. The Kier molecular flexibility index (Phi) is 3.90. The number of nitrogens with zero attached hydrogens (tertiary/aromatic N) is 2. The molecule has 2 aromatic carbocycles. The third-order valence-electron chi connectivity index (χ3n) is 2.98. The maximum Gasteiger partial charge on any atom is 0.126 e. The van der Waals surface area contributed by atoms with E-state index in [1.54, 1.807) is 42.5 Å². The fourth-order valence-corrected chi connectivity index (χ4v) is 1.91. The summed E-state index contributed by atoms with van der Waals surface area (Å²) in [5.74, 6) is -0.707. The molecule has 0 radical (unpaired) electrons. The summed E-state index contributed by atoms with van der Waals surface area (Å²) >= 11 is 0. The highest BCUT2D eigenvalue weighted by molar-refractivity contribution is 5.36. The average Bonchev–Trinajstić information content (AvgIpc) is 2.47. The monoisotopic (exact) mass is 250 g/mol. The van der Waals surface area contributed by atoms with Gasteiger partial charge in [-0.1, -0.05) is 30.3 Å². The zero-order chi connectivity index (χ0) is 13.7. The van der Waals surface area contributed by atoms with Gasteiger partial charge in [0.1, 0.15) is 5.82 Å². The molecule has 0 saturated heterocycles. The molecule has 0 spiro atoms. The van der Waals surface area contributed by atoms with Gasteiger partial charge in [-0.05, 0) is 35.7 Å². The zero-order valence-corrected chi connectivity index (χ0v) is 10.2. The molecule has 92 valence electrons. The van der Waals surface area contributed by atoms with Gasteiger partial charge in [0.15, 0.2) is 0 Å². The van der Waals surface area contributed by atoms with Crippen LogP contribution in [0.2, 0.25) is 0 Å². The quantitative estimate of drug-likeness (QED) is 0.836. The highest BCUT2D eigenvalue weighted by atomic mass is 19.1.